The average Bonchev–Trinajstić information content (AvgIpc) is 4.23. The summed E-state index contributed by atoms with van der Waals surface area (Å²) >= 11 is 0. The van der Waals surface area contributed by atoms with E-state index in [0.717, 1.165) is 24.3 Å². The number of carbonyl (C=O) groups is 2. The maximum absolute atomic E-state index is 13.5. The first-order chi connectivity index (χ1) is 36.0. The third kappa shape index (κ3) is 9.84. The highest BCUT2D eigenvalue weighted by Crippen LogP contribution is 2.46. The molecule has 2 unspecified atom stereocenters. The maximum atomic E-state index is 13.5. The van der Waals surface area contributed by atoms with E-state index < -0.39 is 103 Å². The van der Waals surface area contributed by atoms with Gasteiger partial charge in [0.15, 0.2) is 0 Å². The standard InChI is InChI=1S/2C22H17F6N3O6S2/c23-21(24,25)38(33,34)31-11-29-17-8-13(4-6-18(17)31)20(32)30-7-1-2-15-16-10-14(5-3-12(16)9-19(15)30)37-39(35,36)22(26,27)28;23-21(24,25)38(33,34)31-11-29-17-6-4-13(9-19(17)31)20(32)30-7-1-2-15-16-10-14(5-3-12(16)8-18(15)30)37-39(35,36)22(26,27)28/h3-6,8,10-11,15,19H,1-2,7,9H2;3-6,9-11,15,18H,1-2,7-8H2/t15?,19-;15?,18-/m00/s1. The van der Waals surface area contributed by atoms with Gasteiger partial charge in [0.05, 0.1) is 22.1 Å². The quantitative estimate of drug-likeness (QED) is 0.0804. The SMILES string of the molecule is O=C(c1ccc2c(c1)ncn2S(=O)(=O)C(F)(F)F)N1CCCC2c3cc(OS(=O)(=O)C(F)(F)F)ccc3C[C@@H]21.O=C(c1ccc2ncn(S(=O)(=O)C(F)(F)F)c2c1)N1CCCC2c3cc(OS(=O)(=O)C(F)(F)F)ccc3C[C@@H]21. The first-order valence-electron chi connectivity index (χ1n) is 22.5. The van der Waals surface area contributed by atoms with Gasteiger partial charge in [0.2, 0.25) is 0 Å². The van der Waals surface area contributed by atoms with Crippen LogP contribution in [0.2, 0.25) is 0 Å². The van der Waals surface area contributed by atoms with Crippen LogP contribution in [0.5, 0.6) is 11.5 Å². The zero-order valence-electron chi connectivity index (χ0n) is 38.8. The molecule has 4 aliphatic rings. The van der Waals surface area contributed by atoms with Gasteiger partial charge in [-0.3, -0.25) is 9.59 Å². The number of hydrogen-bond acceptors (Lipinski definition) is 14. The van der Waals surface area contributed by atoms with Gasteiger partial charge in [-0.2, -0.15) is 86.4 Å². The number of aromatic nitrogens is 4. The Morgan fingerprint density at radius 2 is 0.897 bits per heavy atom. The second kappa shape index (κ2) is 19.0. The molecule has 10 rings (SSSR count). The molecule has 0 N–H and O–H groups in total. The number of fused-ring (bicyclic) bond motifs is 8. The lowest BCUT2D eigenvalue weighted by molar-refractivity contribution is -0.0504. The molecule has 4 aromatic carbocycles. The molecule has 4 heterocycles. The number of rotatable bonds is 8. The van der Waals surface area contributed by atoms with Crippen LogP contribution in [-0.4, -0.2) is 120 Å². The van der Waals surface area contributed by atoms with Crippen LogP contribution in [0.4, 0.5) is 52.7 Å². The van der Waals surface area contributed by atoms with E-state index in [1.54, 1.807) is 0 Å². The molecule has 2 fully saturated rings. The molecular weight excluding hydrogens is 1160 g/mol. The molecule has 34 heteroatoms. The number of likely N-dealkylation sites (tertiary alicyclic amines) is 2. The van der Waals surface area contributed by atoms with Crippen molar-refractivity contribution >= 4 is 74.2 Å². The number of carbonyl (C=O) groups excluding carboxylic acids is 2. The second-order valence-electron chi connectivity index (χ2n) is 18.1. The minimum Gasteiger partial charge on any atom is -0.376 e. The molecule has 420 valence electrons. The first-order valence-corrected chi connectivity index (χ1v) is 28.2. The Hall–Kier alpha value is -6.68. The van der Waals surface area contributed by atoms with E-state index in [-0.39, 0.29) is 54.0 Å². The molecule has 2 saturated heterocycles. The molecule has 78 heavy (non-hydrogen) atoms. The topological polar surface area (TPSA) is 231 Å². The van der Waals surface area contributed by atoms with E-state index >= 15 is 0 Å². The van der Waals surface area contributed by atoms with Crippen LogP contribution in [0, 0.1) is 0 Å². The summed E-state index contributed by atoms with van der Waals surface area (Å²) in [7, 11) is -23.3. The third-order valence-electron chi connectivity index (χ3n) is 13.6. The molecule has 0 saturated carbocycles. The molecule has 4 atom stereocenters. The summed E-state index contributed by atoms with van der Waals surface area (Å²) in [6, 6.07) is 13.5. The lowest BCUT2D eigenvalue weighted by Crippen LogP contribution is -2.46. The van der Waals surface area contributed by atoms with Gasteiger partial charge in [-0.1, -0.05) is 12.1 Å². The monoisotopic (exact) mass is 1190 g/mol. The lowest BCUT2D eigenvalue weighted by atomic mass is 9.88. The number of amides is 2. The van der Waals surface area contributed by atoms with Crippen molar-refractivity contribution in [2.75, 3.05) is 13.1 Å². The largest absolute Gasteiger partial charge is 0.534 e. The smallest absolute Gasteiger partial charge is 0.376 e. The summed E-state index contributed by atoms with van der Waals surface area (Å²) in [4.78, 5) is 37.3. The Morgan fingerprint density at radius 3 is 1.33 bits per heavy atom. The molecule has 2 aromatic heterocycles. The zero-order valence-corrected chi connectivity index (χ0v) is 42.1. The van der Waals surface area contributed by atoms with E-state index in [1.807, 2.05) is 0 Å². The fraction of sp³-hybridized carbons (Fsp3) is 0.364. The van der Waals surface area contributed by atoms with Crippen LogP contribution in [0.3, 0.4) is 0 Å². The van der Waals surface area contributed by atoms with E-state index in [0.29, 0.717) is 80.0 Å². The van der Waals surface area contributed by atoms with Crippen molar-refractivity contribution in [2.24, 2.45) is 0 Å². The fourth-order valence-corrected chi connectivity index (χ4v) is 12.6. The third-order valence-corrected chi connectivity index (χ3v) is 18.3. The van der Waals surface area contributed by atoms with Gasteiger partial charge in [0.25, 0.3) is 11.8 Å². The minimum absolute atomic E-state index is 0.0141. The zero-order chi connectivity index (χ0) is 57.1. The van der Waals surface area contributed by atoms with Crippen molar-refractivity contribution in [3.05, 3.63) is 119 Å². The predicted octanol–water partition coefficient (Wildman–Crippen LogP) is 7.81. The maximum Gasteiger partial charge on any atom is 0.534 e. The number of piperidine rings is 2. The normalized spacial score (nSPS) is 20.1. The van der Waals surface area contributed by atoms with Crippen LogP contribution in [0.25, 0.3) is 22.1 Å². The molecule has 0 spiro atoms. The number of hydrogen-bond donors (Lipinski definition) is 0. The lowest BCUT2D eigenvalue weighted by Gasteiger charge is -2.38. The van der Waals surface area contributed by atoms with Gasteiger partial charge in [-0.15, -0.1) is 0 Å². The number of benzene rings is 4. The molecule has 0 bridgehead atoms. The molecule has 18 nitrogen and oxygen atoms in total. The highest BCUT2D eigenvalue weighted by Gasteiger charge is 2.52. The minimum atomic E-state index is -5.88. The van der Waals surface area contributed by atoms with Gasteiger partial charge >= 0.3 is 62.3 Å². The Labute approximate surface area is 432 Å². The Morgan fingerprint density at radius 1 is 0.487 bits per heavy atom. The molecule has 2 aliphatic heterocycles. The average molecular weight is 1200 g/mol. The van der Waals surface area contributed by atoms with Gasteiger partial charge < -0.3 is 18.2 Å². The van der Waals surface area contributed by atoms with Crippen LogP contribution in [0.1, 0.15) is 80.5 Å². The van der Waals surface area contributed by atoms with Crippen molar-refractivity contribution < 1.29 is 104 Å². The van der Waals surface area contributed by atoms with Crippen LogP contribution in [-0.2, 0) is 53.1 Å². The van der Waals surface area contributed by atoms with E-state index in [2.05, 4.69) is 18.3 Å². The van der Waals surface area contributed by atoms with Crippen molar-refractivity contribution in [1.82, 2.24) is 27.7 Å². The summed E-state index contributed by atoms with van der Waals surface area (Å²) in [6.07, 6.45) is 3.72. The molecule has 2 aliphatic carbocycles. The first kappa shape index (κ1) is 56.1. The Bertz CT molecular complexity index is 3900. The summed E-state index contributed by atoms with van der Waals surface area (Å²) in [6.45, 7) is 0.576. The van der Waals surface area contributed by atoms with Crippen LogP contribution in [0.15, 0.2) is 85.5 Å². The number of alkyl halides is 12. The molecule has 2 amide bonds. The predicted molar refractivity (Wildman–Crippen MR) is 245 cm³/mol. The second-order valence-corrected chi connectivity index (χ2v) is 24.8. The van der Waals surface area contributed by atoms with E-state index in [4.69, 9.17) is 0 Å². The summed E-state index contributed by atoms with van der Waals surface area (Å²) in [5.41, 5.74) is -21.0. The van der Waals surface area contributed by atoms with Crippen molar-refractivity contribution in [1.29, 1.82) is 0 Å². The summed E-state index contributed by atoms with van der Waals surface area (Å²) in [5, 5.41) is 0. The van der Waals surface area contributed by atoms with Gasteiger partial charge in [-0.05, 0) is 121 Å². The highest BCUT2D eigenvalue weighted by molar-refractivity contribution is 7.91. The van der Waals surface area contributed by atoms with Crippen LogP contribution < -0.4 is 8.37 Å². The van der Waals surface area contributed by atoms with Crippen molar-refractivity contribution in [3.63, 3.8) is 0 Å². The van der Waals surface area contributed by atoms with Crippen LogP contribution >= 0.6 is 0 Å². The molecule has 0 radical (unpaired) electrons. The van der Waals surface area contributed by atoms with Crippen molar-refractivity contribution in [3.8, 4) is 11.5 Å². The fourth-order valence-electron chi connectivity index (χ4n) is 10.1. The van der Waals surface area contributed by atoms with Gasteiger partial charge in [0.1, 0.15) is 24.2 Å². The summed E-state index contributed by atoms with van der Waals surface area (Å²) in [5.74, 6) is -2.81. The van der Waals surface area contributed by atoms with Gasteiger partial charge in [-0.25, -0.2) is 17.9 Å². The van der Waals surface area contributed by atoms with Crippen molar-refractivity contribution in [2.45, 2.75) is 84.5 Å². The summed E-state index contributed by atoms with van der Waals surface area (Å²) < 4.78 is 256. The molecular formula is C44H34F12N6O12S4. The molecule has 6 aromatic rings. The Kier molecular flexibility index (Phi) is 13.7. The van der Waals surface area contributed by atoms with Gasteiger partial charge in [0, 0.05) is 48.1 Å². The van der Waals surface area contributed by atoms with E-state index in [9.17, 15) is 95.9 Å². The number of imidazole rings is 2. The number of halogens is 12. The van der Waals surface area contributed by atoms with E-state index in [1.165, 1.54) is 58.3 Å². The number of nitrogens with zero attached hydrogens (tertiary/aromatic N) is 6. The highest BCUT2D eigenvalue weighted by atomic mass is 32.2. The Balaban J connectivity index is 0.000000190.